The molecule has 1 aliphatic carbocycles. The predicted molar refractivity (Wildman–Crippen MR) is 76.8 cm³/mol. The summed E-state index contributed by atoms with van der Waals surface area (Å²) in [5, 5.41) is 9.53. The van der Waals surface area contributed by atoms with E-state index < -0.39 is 0 Å². The maximum atomic E-state index is 12.5. The molecule has 0 spiro atoms. The fourth-order valence-electron chi connectivity index (χ4n) is 3.74. The molecular formula is C16H29NO2. The first kappa shape index (κ1) is 14.8. The molecule has 0 aromatic rings. The van der Waals surface area contributed by atoms with Crippen molar-refractivity contribution in [3.63, 3.8) is 0 Å². The number of likely N-dealkylation sites (tertiary alicyclic amines) is 1. The molecule has 2 fully saturated rings. The van der Waals surface area contributed by atoms with E-state index in [2.05, 4.69) is 4.90 Å². The third-order valence-corrected chi connectivity index (χ3v) is 4.75. The smallest absolute Gasteiger partial charge is 0.223 e. The van der Waals surface area contributed by atoms with Crippen molar-refractivity contribution < 1.29 is 9.90 Å². The number of amides is 1. The number of carbonyl (C=O) groups is 1. The quantitative estimate of drug-likeness (QED) is 0.795. The van der Waals surface area contributed by atoms with Crippen molar-refractivity contribution in [2.24, 2.45) is 5.92 Å². The van der Waals surface area contributed by atoms with E-state index in [1.165, 1.54) is 38.5 Å². The lowest BCUT2D eigenvalue weighted by atomic mass is 9.95. The number of rotatable bonds is 4. The van der Waals surface area contributed by atoms with Crippen LogP contribution in [-0.4, -0.2) is 34.6 Å². The van der Waals surface area contributed by atoms with Crippen LogP contribution >= 0.6 is 0 Å². The van der Waals surface area contributed by atoms with E-state index in [-0.39, 0.29) is 6.10 Å². The molecule has 2 aliphatic rings. The van der Waals surface area contributed by atoms with Gasteiger partial charge in [-0.15, -0.1) is 0 Å². The van der Waals surface area contributed by atoms with Gasteiger partial charge in [0.25, 0.3) is 0 Å². The average Bonchev–Trinajstić information content (AvgIpc) is 2.65. The van der Waals surface area contributed by atoms with Gasteiger partial charge in [-0.05, 0) is 44.9 Å². The molecule has 1 saturated heterocycles. The molecule has 0 bridgehead atoms. The fourth-order valence-corrected chi connectivity index (χ4v) is 3.74. The van der Waals surface area contributed by atoms with Crippen LogP contribution in [0.1, 0.15) is 71.1 Å². The topological polar surface area (TPSA) is 40.5 Å². The minimum Gasteiger partial charge on any atom is -0.393 e. The Morgan fingerprint density at radius 2 is 1.84 bits per heavy atom. The Labute approximate surface area is 117 Å². The second-order valence-electron chi connectivity index (χ2n) is 6.53. The monoisotopic (exact) mass is 267 g/mol. The van der Waals surface area contributed by atoms with E-state index in [0.717, 1.165) is 32.2 Å². The van der Waals surface area contributed by atoms with Gasteiger partial charge in [-0.25, -0.2) is 0 Å². The highest BCUT2D eigenvalue weighted by molar-refractivity contribution is 5.77. The summed E-state index contributed by atoms with van der Waals surface area (Å²) in [5.41, 5.74) is 0. The predicted octanol–water partition coefficient (Wildman–Crippen LogP) is 3.11. The van der Waals surface area contributed by atoms with Crippen LogP contribution in [-0.2, 0) is 4.79 Å². The third-order valence-electron chi connectivity index (χ3n) is 4.75. The lowest BCUT2D eigenvalue weighted by Gasteiger charge is -2.27. The average molecular weight is 267 g/mol. The Bertz CT molecular complexity index is 282. The van der Waals surface area contributed by atoms with Crippen LogP contribution in [0.15, 0.2) is 0 Å². The molecule has 19 heavy (non-hydrogen) atoms. The highest BCUT2D eigenvalue weighted by atomic mass is 16.3. The standard InChI is InChI=1S/C16H29NO2/c1-13(18)11-15-9-6-10-17(15)16(19)12-14-7-4-2-3-5-8-14/h13-15,18H,2-12H2,1H3. The van der Waals surface area contributed by atoms with Gasteiger partial charge < -0.3 is 10.0 Å². The molecule has 2 unspecified atom stereocenters. The maximum Gasteiger partial charge on any atom is 0.223 e. The Morgan fingerprint density at radius 3 is 2.47 bits per heavy atom. The SMILES string of the molecule is CC(O)CC1CCCN1C(=O)CC1CCCCCC1. The van der Waals surface area contributed by atoms with Gasteiger partial charge in [0.2, 0.25) is 5.91 Å². The first-order chi connectivity index (χ1) is 9.16. The summed E-state index contributed by atoms with van der Waals surface area (Å²) in [5.74, 6) is 0.956. The summed E-state index contributed by atoms with van der Waals surface area (Å²) in [4.78, 5) is 14.5. The molecule has 110 valence electrons. The second-order valence-corrected chi connectivity index (χ2v) is 6.53. The number of nitrogens with zero attached hydrogens (tertiary/aromatic N) is 1. The highest BCUT2D eigenvalue weighted by Gasteiger charge is 2.30. The largest absolute Gasteiger partial charge is 0.393 e. The molecular weight excluding hydrogens is 238 g/mol. The van der Waals surface area contributed by atoms with Crippen molar-refractivity contribution in [2.45, 2.75) is 83.3 Å². The minimum atomic E-state index is -0.295. The molecule has 1 heterocycles. The van der Waals surface area contributed by atoms with Crippen molar-refractivity contribution in [3.8, 4) is 0 Å². The van der Waals surface area contributed by atoms with Gasteiger partial charge in [-0.1, -0.05) is 25.7 Å². The first-order valence-corrected chi connectivity index (χ1v) is 8.14. The van der Waals surface area contributed by atoms with E-state index in [1.807, 2.05) is 6.92 Å². The maximum absolute atomic E-state index is 12.5. The molecule has 2 atom stereocenters. The van der Waals surface area contributed by atoms with E-state index in [0.29, 0.717) is 17.9 Å². The van der Waals surface area contributed by atoms with Gasteiger partial charge in [-0.3, -0.25) is 4.79 Å². The Kier molecular flexibility index (Phi) is 5.68. The van der Waals surface area contributed by atoms with Gasteiger partial charge >= 0.3 is 0 Å². The number of hydrogen-bond acceptors (Lipinski definition) is 2. The van der Waals surface area contributed by atoms with Crippen molar-refractivity contribution >= 4 is 5.91 Å². The second kappa shape index (κ2) is 7.28. The lowest BCUT2D eigenvalue weighted by Crippen LogP contribution is -2.38. The fraction of sp³-hybridized carbons (Fsp3) is 0.938. The van der Waals surface area contributed by atoms with Crippen molar-refractivity contribution in [1.29, 1.82) is 0 Å². The van der Waals surface area contributed by atoms with E-state index in [1.54, 1.807) is 0 Å². The Balaban J connectivity index is 1.83. The zero-order valence-corrected chi connectivity index (χ0v) is 12.3. The molecule has 3 heteroatoms. The van der Waals surface area contributed by atoms with Gasteiger partial charge in [0.1, 0.15) is 0 Å². The number of hydrogen-bond donors (Lipinski definition) is 1. The zero-order chi connectivity index (χ0) is 13.7. The number of aliphatic hydroxyl groups excluding tert-OH is 1. The van der Waals surface area contributed by atoms with Crippen LogP contribution in [0.3, 0.4) is 0 Å². The normalized spacial score (nSPS) is 27.3. The Hall–Kier alpha value is -0.570. The van der Waals surface area contributed by atoms with E-state index >= 15 is 0 Å². The molecule has 1 N–H and O–H groups in total. The van der Waals surface area contributed by atoms with Crippen LogP contribution < -0.4 is 0 Å². The lowest BCUT2D eigenvalue weighted by molar-refractivity contribution is -0.133. The molecule has 0 aromatic carbocycles. The van der Waals surface area contributed by atoms with E-state index in [4.69, 9.17) is 0 Å². The molecule has 3 nitrogen and oxygen atoms in total. The molecule has 0 radical (unpaired) electrons. The van der Waals surface area contributed by atoms with Gasteiger partial charge in [0, 0.05) is 19.0 Å². The zero-order valence-electron chi connectivity index (χ0n) is 12.3. The summed E-state index contributed by atoms with van der Waals surface area (Å²) in [6.45, 7) is 2.73. The van der Waals surface area contributed by atoms with E-state index in [9.17, 15) is 9.90 Å². The molecule has 1 saturated carbocycles. The van der Waals surface area contributed by atoms with Crippen LogP contribution in [0.25, 0.3) is 0 Å². The molecule has 2 rings (SSSR count). The molecule has 0 aromatic heterocycles. The Morgan fingerprint density at radius 1 is 1.16 bits per heavy atom. The van der Waals surface area contributed by atoms with Crippen molar-refractivity contribution in [1.82, 2.24) is 4.90 Å². The van der Waals surface area contributed by atoms with Gasteiger partial charge in [-0.2, -0.15) is 0 Å². The first-order valence-electron chi connectivity index (χ1n) is 8.14. The summed E-state index contributed by atoms with van der Waals surface area (Å²) >= 11 is 0. The van der Waals surface area contributed by atoms with Crippen LogP contribution in [0, 0.1) is 5.92 Å². The van der Waals surface area contributed by atoms with Crippen molar-refractivity contribution in [2.75, 3.05) is 6.54 Å². The number of carbonyl (C=O) groups excluding carboxylic acids is 1. The van der Waals surface area contributed by atoms with Crippen molar-refractivity contribution in [3.05, 3.63) is 0 Å². The highest BCUT2D eigenvalue weighted by Crippen LogP contribution is 2.28. The molecule has 1 amide bonds. The van der Waals surface area contributed by atoms with Gasteiger partial charge in [0.05, 0.1) is 6.10 Å². The summed E-state index contributed by atoms with van der Waals surface area (Å²) in [6.07, 6.45) is 11.1. The van der Waals surface area contributed by atoms with Crippen LogP contribution in [0.4, 0.5) is 0 Å². The van der Waals surface area contributed by atoms with Crippen LogP contribution in [0.5, 0.6) is 0 Å². The summed E-state index contributed by atoms with van der Waals surface area (Å²) < 4.78 is 0. The summed E-state index contributed by atoms with van der Waals surface area (Å²) in [6, 6.07) is 0.290. The van der Waals surface area contributed by atoms with Gasteiger partial charge in [0.15, 0.2) is 0 Å². The third kappa shape index (κ3) is 4.48. The summed E-state index contributed by atoms with van der Waals surface area (Å²) in [7, 11) is 0. The number of aliphatic hydroxyl groups is 1. The van der Waals surface area contributed by atoms with Crippen LogP contribution in [0.2, 0.25) is 0 Å². The minimum absolute atomic E-state index is 0.290. The molecule has 1 aliphatic heterocycles.